The van der Waals surface area contributed by atoms with Crippen LogP contribution in [0, 0.1) is 11.6 Å². The summed E-state index contributed by atoms with van der Waals surface area (Å²) in [5.41, 5.74) is 6.01. The van der Waals surface area contributed by atoms with Crippen LogP contribution in [-0.2, 0) is 0 Å². The standard InChI is InChI=1S/C14H9F2N3O/c15-10-6-2-1-4-8(10)13-18-14(20-19-13)9-5-3-7-11(16)12(9)17/h1-7H,17H2. The minimum Gasteiger partial charge on any atom is -0.396 e. The van der Waals surface area contributed by atoms with Gasteiger partial charge in [0.2, 0.25) is 5.82 Å². The fourth-order valence-electron chi connectivity index (χ4n) is 1.81. The third kappa shape index (κ3) is 2.01. The van der Waals surface area contributed by atoms with E-state index in [4.69, 9.17) is 10.3 Å². The molecule has 0 aliphatic rings. The van der Waals surface area contributed by atoms with Crippen LogP contribution in [0.4, 0.5) is 14.5 Å². The van der Waals surface area contributed by atoms with Crippen molar-refractivity contribution < 1.29 is 13.3 Å². The quantitative estimate of drug-likeness (QED) is 0.728. The SMILES string of the molecule is Nc1c(F)cccc1-c1nc(-c2ccccc2F)no1. The Hall–Kier alpha value is -2.76. The maximum Gasteiger partial charge on any atom is 0.260 e. The van der Waals surface area contributed by atoms with Gasteiger partial charge in [-0.2, -0.15) is 4.98 Å². The van der Waals surface area contributed by atoms with Crippen LogP contribution in [0.25, 0.3) is 22.8 Å². The molecule has 0 radical (unpaired) electrons. The summed E-state index contributed by atoms with van der Waals surface area (Å²) in [7, 11) is 0. The molecule has 2 N–H and O–H groups in total. The number of nitrogen functional groups attached to an aromatic ring is 1. The molecule has 3 rings (SSSR count). The Kier molecular flexibility index (Phi) is 2.90. The summed E-state index contributed by atoms with van der Waals surface area (Å²) >= 11 is 0. The third-order valence-corrected chi connectivity index (χ3v) is 2.82. The molecule has 0 saturated carbocycles. The van der Waals surface area contributed by atoms with E-state index in [-0.39, 0.29) is 28.5 Å². The second-order valence-corrected chi connectivity index (χ2v) is 4.10. The Labute approximate surface area is 112 Å². The Balaban J connectivity index is 2.07. The summed E-state index contributed by atoms with van der Waals surface area (Å²) in [4.78, 5) is 4.05. The first-order valence-electron chi connectivity index (χ1n) is 5.80. The van der Waals surface area contributed by atoms with Gasteiger partial charge in [0, 0.05) is 0 Å². The summed E-state index contributed by atoms with van der Waals surface area (Å²) in [6.07, 6.45) is 0. The van der Waals surface area contributed by atoms with Gasteiger partial charge >= 0.3 is 0 Å². The van der Waals surface area contributed by atoms with Crippen molar-refractivity contribution in [3.63, 3.8) is 0 Å². The van der Waals surface area contributed by atoms with E-state index in [9.17, 15) is 8.78 Å². The van der Waals surface area contributed by atoms with Crippen LogP contribution in [0.3, 0.4) is 0 Å². The molecule has 0 amide bonds. The van der Waals surface area contributed by atoms with Crippen molar-refractivity contribution in [1.29, 1.82) is 0 Å². The van der Waals surface area contributed by atoms with Crippen LogP contribution in [0.1, 0.15) is 0 Å². The van der Waals surface area contributed by atoms with E-state index in [1.54, 1.807) is 18.2 Å². The number of halogens is 2. The summed E-state index contributed by atoms with van der Waals surface area (Å²) < 4.78 is 32.0. The molecule has 0 saturated heterocycles. The van der Waals surface area contributed by atoms with Gasteiger partial charge in [-0.25, -0.2) is 8.78 Å². The Bertz CT molecular complexity index is 771. The van der Waals surface area contributed by atoms with E-state index in [0.717, 1.165) is 0 Å². The van der Waals surface area contributed by atoms with Gasteiger partial charge in [0.15, 0.2) is 0 Å². The number of para-hydroxylation sites is 1. The molecule has 1 aromatic heterocycles. The number of benzene rings is 2. The zero-order valence-corrected chi connectivity index (χ0v) is 10.2. The molecule has 0 atom stereocenters. The Morgan fingerprint density at radius 2 is 1.60 bits per heavy atom. The second-order valence-electron chi connectivity index (χ2n) is 4.10. The number of nitrogens with two attached hydrogens (primary N) is 1. The van der Waals surface area contributed by atoms with Crippen molar-refractivity contribution >= 4 is 5.69 Å². The number of hydrogen-bond acceptors (Lipinski definition) is 4. The molecule has 6 heteroatoms. The number of rotatable bonds is 2. The number of hydrogen-bond donors (Lipinski definition) is 1. The van der Waals surface area contributed by atoms with Crippen LogP contribution < -0.4 is 5.73 Å². The van der Waals surface area contributed by atoms with Gasteiger partial charge in [-0.05, 0) is 24.3 Å². The minimum atomic E-state index is -0.576. The molecular formula is C14H9F2N3O. The van der Waals surface area contributed by atoms with Gasteiger partial charge in [-0.3, -0.25) is 0 Å². The molecule has 1 heterocycles. The molecule has 0 spiro atoms. The number of nitrogens with zero attached hydrogens (tertiary/aromatic N) is 2. The largest absolute Gasteiger partial charge is 0.396 e. The molecular weight excluding hydrogens is 264 g/mol. The predicted molar refractivity (Wildman–Crippen MR) is 69.5 cm³/mol. The molecule has 100 valence electrons. The van der Waals surface area contributed by atoms with E-state index in [1.807, 2.05) is 0 Å². The zero-order chi connectivity index (χ0) is 14.1. The average Bonchev–Trinajstić information content (AvgIpc) is 2.92. The van der Waals surface area contributed by atoms with Crippen molar-refractivity contribution in [2.75, 3.05) is 5.73 Å². The fraction of sp³-hybridized carbons (Fsp3) is 0. The molecule has 0 aliphatic carbocycles. The van der Waals surface area contributed by atoms with Crippen molar-refractivity contribution in [1.82, 2.24) is 10.1 Å². The number of anilines is 1. The second kappa shape index (κ2) is 4.73. The first kappa shape index (κ1) is 12.3. The lowest BCUT2D eigenvalue weighted by atomic mass is 10.1. The molecule has 0 unspecified atom stereocenters. The highest BCUT2D eigenvalue weighted by molar-refractivity contribution is 5.71. The van der Waals surface area contributed by atoms with E-state index >= 15 is 0 Å². The van der Waals surface area contributed by atoms with Crippen LogP contribution in [0.2, 0.25) is 0 Å². The normalized spacial score (nSPS) is 10.7. The van der Waals surface area contributed by atoms with Crippen molar-refractivity contribution in [3.05, 3.63) is 54.1 Å². The van der Waals surface area contributed by atoms with Crippen LogP contribution in [0.15, 0.2) is 47.0 Å². The van der Waals surface area contributed by atoms with Gasteiger partial charge < -0.3 is 10.3 Å². The van der Waals surface area contributed by atoms with E-state index in [0.29, 0.717) is 0 Å². The van der Waals surface area contributed by atoms with Gasteiger partial charge in [-0.15, -0.1) is 0 Å². The minimum absolute atomic E-state index is 0.0419. The summed E-state index contributed by atoms with van der Waals surface area (Å²) in [5.74, 6) is -0.915. The molecule has 3 aromatic rings. The average molecular weight is 273 g/mol. The lowest BCUT2D eigenvalue weighted by molar-refractivity contribution is 0.432. The molecule has 0 aliphatic heterocycles. The maximum atomic E-state index is 13.6. The summed E-state index contributed by atoms with van der Waals surface area (Å²) in [6, 6.07) is 10.3. The summed E-state index contributed by atoms with van der Waals surface area (Å²) in [6.45, 7) is 0. The van der Waals surface area contributed by atoms with E-state index in [1.165, 1.54) is 24.3 Å². The van der Waals surface area contributed by atoms with Crippen molar-refractivity contribution in [2.24, 2.45) is 0 Å². The first-order valence-corrected chi connectivity index (χ1v) is 5.80. The summed E-state index contributed by atoms with van der Waals surface area (Å²) in [5, 5.41) is 3.69. The Morgan fingerprint density at radius 3 is 2.40 bits per heavy atom. The van der Waals surface area contributed by atoms with Gasteiger partial charge in [0.05, 0.1) is 16.8 Å². The highest BCUT2D eigenvalue weighted by Gasteiger charge is 2.16. The van der Waals surface area contributed by atoms with E-state index in [2.05, 4.69) is 10.1 Å². The molecule has 20 heavy (non-hydrogen) atoms. The molecule has 0 bridgehead atoms. The third-order valence-electron chi connectivity index (χ3n) is 2.82. The van der Waals surface area contributed by atoms with Gasteiger partial charge in [-0.1, -0.05) is 23.4 Å². The first-order chi connectivity index (χ1) is 9.66. The Morgan fingerprint density at radius 1 is 0.900 bits per heavy atom. The highest BCUT2D eigenvalue weighted by Crippen LogP contribution is 2.28. The number of aromatic nitrogens is 2. The maximum absolute atomic E-state index is 13.6. The van der Waals surface area contributed by atoms with E-state index < -0.39 is 11.6 Å². The van der Waals surface area contributed by atoms with Crippen molar-refractivity contribution in [3.8, 4) is 22.8 Å². The molecule has 0 fully saturated rings. The van der Waals surface area contributed by atoms with Crippen LogP contribution in [0.5, 0.6) is 0 Å². The van der Waals surface area contributed by atoms with Gasteiger partial charge in [0.1, 0.15) is 11.6 Å². The fourth-order valence-corrected chi connectivity index (χ4v) is 1.81. The lowest BCUT2D eigenvalue weighted by Gasteiger charge is -2.00. The highest BCUT2D eigenvalue weighted by atomic mass is 19.1. The zero-order valence-electron chi connectivity index (χ0n) is 10.2. The monoisotopic (exact) mass is 273 g/mol. The van der Waals surface area contributed by atoms with Crippen LogP contribution in [-0.4, -0.2) is 10.1 Å². The predicted octanol–water partition coefficient (Wildman–Crippen LogP) is 3.26. The topological polar surface area (TPSA) is 64.9 Å². The van der Waals surface area contributed by atoms with Crippen molar-refractivity contribution in [2.45, 2.75) is 0 Å². The molecule has 2 aromatic carbocycles. The van der Waals surface area contributed by atoms with Gasteiger partial charge in [0.25, 0.3) is 5.89 Å². The molecule has 4 nitrogen and oxygen atoms in total. The van der Waals surface area contributed by atoms with Crippen LogP contribution >= 0.6 is 0 Å². The smallest absolute Gasteiger partial charge is 0.260 e. The lowest BCUT2D eigenvalue weighted by Crippen LogP contribution is -1.94.